The van der Waals surface area contributed by atoms with Crippen molar-refractivity contribution in [2.75, 3.05) is 6.61 Å². The number of alkyl halides is 5. The van der Waals surface area contributed by atoms with Crippen LogP contribution in [-0.2, 0) is 6.18 Å². The number of nitrogens with two attached hydrogens (primary N) is 1. The molecule has 0 bridgehead atoms. The normalized spacial score (nSPS) is 14.5. The standard InChI is InChI=1S/C10H9F6NO2/c11-5-2-1-4(10(14,15)16)6(7(5)19)8(17)9(12,13)3-18/h1-2,8,18-19H,3,17H2/t8-/m1/s1. The second-order valence-electron chi connectivity index (χ2n) is 3.75. The molecule has 0 aliphatic carbocycles. The molecule has 1 aromatic carbocycles. The van der Waals surface area contributed by atoms with Gasteiger partial charge in [0.2, 0.25) is 0 Å². The summed E-state index contributed by atoms with van der Waals surface area (Å²) in [5.41, 5.74) is 1.73. The Morgan fingerprint density at radius 1 is 1.16 bits per heavy atom. The van der Waals surface area contributed by atoms with E-state index in [2.05, 4.69) is 0 Å². The third-order valence-electron chi connectivity index (χ3n) is 2.45. The summed E-state index contributed by atoms with van der Waals surface area (Å²) in [4.78, 5) is 0. The molecule has 1 aromatic rings. The van der Waals surface area contributed by atoms with Crippen molar-refractivity contribution in [1.82, 2.24) is 0 Å². The molecule has 0 unspecified atom stereocenters. The van der Waals surface area contributed by atoms with E-state index in [1.54, 1.807) is 0 Å². The van der Waals surface area contributed by atoms with Gasteiger partial charge in [0, 0.05) is 5.56 Å². The van der Waals surface area contributed by atoms with Gasteiger partial charge >= 0.3 is 6.18 Å². The average Bonchev–Trinajstić information content (AvgIpc) is 2.30. The molecular weight excluding hydrogens is 280 g/mol. The first-order chi connectivity index (χ1) is 8.52. The third kappa shape index (κ3) is 2.92. The average molecular weight is 289 g/mol. The summed E-state index contributed by atoms with van der Waals surface area (Å²) in [6.45, 7) is -1.85. The maximum Gasteiger partial charge on any atom is 0.416 e. The van der Waals surface area contributed by atoms with Crippen molar-refractivity contribution in [2.45, 2.75) is 18.1 Å². The van der Waals surface area contributed by atoms with Gasteiger partial charge in [-0.1, -0.05) is 0 Å². The van der Waals surface area contributed by atoms with Crippen molar-refractivity contribution in [2.24, 2.45) is 5.73 Å². The first-order valence-corrected chi connectivity index (χ1v) is 4.85. The van der Waals surface area contributed by atoms with Gasteiger partial charge in [0.05, 0.1) is 5.56 Å². The highest BCUT2D eigenvalue weighted by molar-refractivity contribution is 5.45. The van der Waals surface area contributed by atoms with Crippen LogP contribution in [0.25, 0.3) is 0 Å². The second-order valence-corrected chi connectivity index (χ2v) is 3.75. The predicted molar refractivity (Wildman–Crippen MR) is 52.0 cm³/mol. The van der Waals surface area contributed by atoms with Crippen molar-refractivity contribution in [3.05, 3.63) is 29.1 Å². The van der Waals surface area contributed by atoms with Crippen LogP contribution in [0.5, 0.6) is 5.75 Å². The van der Waals surface area contributed by atoms with Crippen molar-refractivity contribution in [3.63, 3.8) is 0 Å². The molecule has 3 nitrogen and oxygen atoms in total. The second kappa shape index (κ2) is 4.89. The summed E-state index contributed by atoms with van der Waals surface area (Å²) < 4.78 is 77.1. The Morgan fingerprint density at radius 3 is 2.11 bits per heavy atom. The molecule has 0 heterocycles. The van der Waals surface area contributed by atoms with Crippen LogP contribution in [0.2, 0.25) is 0 Å². The number of aromatic hydroxyl groups is 1. The van der Waals surface area contributed by atoms with Gasteiger partial charge in [-0.05, 0) is 12.1 Å². The van der Waals surface area contributed by atoms with Crippen molar-refractivity contribution in [3.8, 4) is 5.75 Å². The summed E-state index contributed by atoms with van der Waals surface area (Å²) in [6.07, 6.45) is -5.11. The minimum atomic E-state index is -5.11. The van der Waals surface area contributed by atoms with Gasteiger partial charge < -0.3 is 15.9 Å². The van der Waals surface area contributed by atoms with E-state index in [-0.39, 0.29) is 12.1 Å². The molecule has 19 heavy (non-hydrogen) atoms. The molecule has 0 radical (unpaired) electrons. The number of benzene rings is 1. The molecule has 108 valence electrons. The van der Waals surface area contributed by atoms with Crippen LogP contribution in [0.3, 0.4) is 0 Å². The lowest BCUT2D eigenvalue weighted by Gasteiger charge is -2.25. The monoisotopic (exact) mass is 289 g/mol. The molecule has 0 saturated heterocycles. The number of phenols is 1. The zero-order chi connectivity index (χ0) is 15.0. The van der Waals surface area contributed by atoms with Gasteiger partial charge in [-0.25, -0.2) is 13.2 Å². The minimum absolute atomic E-state index is 0.192. The largest absolute Gasteiger partial charge is 0.505 e. The minimum Gasteiger partial charge on any atom is -0.505 e. The number of rotatable bonds is 3. The van der Waals surface area contributed by atoms with E-state index < -0.39 is 47.4 Å². The molecular formula is C10H9F6NO2. The van der Waals surface area contributed by atoms with Crippen LogP contribution in [0.15, 0.2) is 12.1 Å². The quantitative estimate of drug-likeness (QED) is 0.747. The van der Waals surface area contributed by atoms with E-state index in [1.165, 1.54) is 0 Å². The van der Waals surface area contributed by atoms with Crippen LogP contribution >= 0.6 is 0 Å². The number of aliphatic hydroxyl groups excluding tert-OH is 1. The number of hydrogen-bond donors (Lipinski definition) is 3. The Labute approximate surface area is 103 Å². The first kappa shape index (κ1) is 15.6. The molecule has 0 spiro atoms. The third-order valence-corrected chi connectivity index (χ3v) is 2.45. The van der Waals surface area contributed by atoms with Gasteiger partial charge in [-0.2, -0.15) is 13.2 Å². The molecule has 1 atom stereocenters. The van der Waals surface area contributed by atoms with E-state index in [1.807, 2.05) is 0 Å². The van der Waals surface area contributed by atoms with Crippen molar-refractivity contribution >= 4 is 0 Å². The Morgan fingerprint density at radius 2 is 1.68 bits per heavy atom. The predicted octanol–water partition coefficient (Wildman–Crippen LogP) is 2.18. The smallest absolute Gasteiger partial charge is 0.416 e. The maximum atomic E-state index is 13.1. The van der Waals surface area contributed by atoms with Crippen LogP contribution < -0.4 is 5.73 Å². The lowest BCUT2D eigenvalue weighted by molar-refractivity contribution is -0.140. The molecule has 0 amide bonds. The Hall–Kier alpha value is -1.48. The highest BCUT2D eigenvalue weighted by Crippen LogP contribution is 2.43. The van der Waals surface area contributed by atoms with Crippen molar-refractivity contribution < 1.29 is 36.6 Å². The lowest BCUT2D eigenvalue weighted by Crippen LogP contribution is -2.37. The molecule has 9 heteroatoms. The molecule has 0 saturated carbocycles. The van der Waals surface area contributed by atoms with Gasteiger partial charge in [0.15, 0.2) is 11.6 Å². The fraction of sp³-hybridized carbons (Fsp3) is 0.400. The molecule has 0 aromatic heterocycles. The van der Waals surface area contributed by atoms with Crippen molar-refractivity contribution in [1.29, 1.82) is 0 Å². The SMILES string of the molecule is N[C@H](c1c(C(F)(F)F)ccc(F)c1O)C(F)(F)CO. The lowest BCUT2D eigenvalue weighted by atomic mass is 9.94. The molecule has 0 aliphatic heterocycles. The highest BCUT2D eigenvalue weighted by atomic mass is 19.4. The number of hydrogen-bond acceptors (Lipinski definition) is 3. The van der Waals surface area contributed by atoms with E-state index >= 15 is 0 Å². The summed E-state index contributed by atoms with van der Waals surface area (Å²) in [7, 11) is 0. The Bertz CT molecular complexity index is 474. The zero-order valence-corrected chi connectivity index (χ0v) is 9.18. The summed E-state index contributed by atoms with van der Waals surface area (Å²) >= 11 is 0. The van der Waals surface area contributed by atoms with Gasteiger partial charge in [0.1, 0.15) is 12.6 Å². The van der Waals surface area contributed by atoms with Crippen LogP contribution in [0.4, 0.5) is 26.3 Å². The van der Waals surface area contributed by atoms with Gasteiger partial charge in [-0.15, -0.1) is 0 Å². The Balaban J connectivity index is 3.52. The molecule has 1 rings (SSSR count). The van der Waals surface area contributed by atoms with E-state index in [0.717, 1.165) is 0 Å². The number of halogens is 6. The first-order valence-electron chi connectivity index (χ1n) is 4.85. The van der Waals surface area contributed by atoms with Gasteiger partial charge in [0.25, 0.3) is 5.92 Å². The topological polar surface area (TPSA) is 66.5 Å². The van der Waals surface area contributed by atoms with E-state index in [0.29, 0.717) is 0 Å². The fourth-order valence-corrected chi connectivity index (χ4v) is 1.45. The van der Waals surface area contributed by atoms with Crippen LogP contribution in [-0.4, -0.2) is 22.7 Å². The summed E-state index contributed by atoms with van der Waals surface area (Å²) in [6, 6.07) is -2.23. The van der Waals surface area contributed by atoms with Crippen LogP contribution in [0, 0.1) is 5.82 Å². The van der Waals surface area contributed by atoms with E-state index in [9.17, 15) is 31.4 Å². The van der Waals surface area contributed by atoms with Gasteiger partial charge in [-0.3, -0.25) is 0 Å². The summed E-state index contributed by atoms with van der Waals surface area (Å²) in [5, 5.41) is 17.6. The Kier molecular flexibility index (Phi) is 4.01. The molecule has 0 aliphatic rings. The number of phenolic OH excluding ortho intramolecular Hbond substituents is 1. The summed E-state index contributed by atoms with van der Waals surface area (Å²) in [5.74, 6) is -7.28. The molecule has 4 N–H and O–H groups in total. The highest BCUT2D eigenvalue weighted by Gasteiger charge is 2.45. The fourth-order valence-electron chi connectivity index (χ4n) is 1.45. The van der Waals surface area contributed by atoms with E-state index in [4.69, 9.17) is 10.8 Å². The van der Waals surface area contributed by atoms with Crippen LogP contribution in [0.1, 0.15) is 17.2 Å². The molecule has 0 fully saturated rings. The maximum absolute atomic E-state index is 13.1. The zero-order valence-electron chi connectivity index (χ0n) is 9.18. The number of aliphatic hydroxyl groups is 1.